The third kappa shape index (κ3) is 6.01. The Labute approximate surface area is 231 Å². The number of hydrogen-bond donors (Lipinski definition) is 2. The molecule has 1 aliphatic rings. The van der Waals surface area contributed by atoms with Crippen LogP contribution in [0.4, 0.5) is 11.4 Å². The number of ether oxygens (including phenoxy) is 3. The summed E-state index contributed by atoms with van der Waals surface area (Å²) in [5.41, 5.74) is 1.79. The Bertz CT molecular complexity index is 1420. The van der Waals surface area contributed by atoms with Crippen molar-refractivity contribution in [3.63, 3.8) is 0 Å². The van der Waals surface area contributed by atoms with Crippen LogP contribution in [-0.2, 0) is 9.59 Å². The molecule has 4 rings (SSSR count). The van der Waals surface area contributed by atoms with Gasteiger partial charge in [-0.1, -0.05) is 11.8 Å². The normalized spacial score (nSPS) is 13.1. The SMILES string of the molecule is COc1ccc(NC2=C(Sc3ccc(NC(=O)c4ccc(OC)cc4OC)cc3)C(=O)N(C(C)C)C2=O)cc1. The summed E-state index contributed by atoms with van der Waals surface area (Å²) in [6.07, 6.45) is 0. The average Bonchev–Trinajstić information content (AvgIpc) is 3.17. The number of nitrogens with zero attached hydrogens (tertiary/aromatic N) is 1. The fourth-order valence-electron chi connectivity index (χ4n) is 3.93. The molecule has 0 saturated carbocycles. The molecule has 0 bridgehead atoms. The zero-order valence-electron chi connectivity index (χ0n) is 22.2. The van der Waals surface area contributed by atoms with Crippen molar-refractivity contribution in [2.24, 2.45) is 0 Å². The number of rotatable bonds is 10. The van der Waals surface area contributed by atoms with Crippen LogP contribution in [0, 0.1) is 0 Å². The highest BCUT2D eigenvalue weighted by atomic mass is 32.2. The fraction of sp³-hybridized carbons (Fsp3) is 0.207. The summed E-state index contributed by atoms with van der Waals surface area (Å²) in [5, 5.41) is 5.96. The minimum Gasteiger partial charge on any atom is -0.497 e. The number of imide groups is 1. The molecule has 202 valence electrons. The zero-order chi connectivity index (χ0) is 28.1. The van der Waals surface area contributed by atoms with Crippen molar-refractivity contribution >= 4 is 40.9 Å². The van der Waals surface area contributed by atoms with Crippen molar-refractivity contribution in [2.75, 3.05) is 32.0 Å². The van der Waals surface area contributed by atoms with E-state index in [-0.39, 0.29) is 29.5 Å². The van der Waals surface area contributed by atoms with E-state index in [0.717, 1.165) is 4.90 Å². The topological polar surface area (TPSA) is 106 Å². The molecule has 0 radical (unpaired) electrons. The molecule has 3 aromatic rings. The molecule has 39 heavy (non-hydrogen) atoms. The monoisotopic (exact) mass is 547 g/mol. The Morgan fingerprint density at radius 3 is 2.00 bits per heavy atom. The summed E-state index contributed by atoms with van der Waals surface area (Å²) in [4.78, 5) is 41.5. The van der Waals surface area contributed by atoms with E-state index in [2.05, 4.69) is 10.6 Å². The van der Waals surface area contributed by atoms with Crippen LogP contribution >= 0.6 is 11.8 Å². The molecule has 0 saturated heterocycles. The van der Waals surface area contributed by atoms with Crippen LogP contribution in [0.3, 0.4) is 0 Å². The fourth-order valence-corrected chi connectivity index (χ4v) is 4.86. The summed E-state index contributed by atoms with van der Waals surface area (Å²) < 4.78 is 15.7. The lowest BCUT2D eigenvalue weighted by atomic mass is 10.1. The third-order valence-electron chi connectivity index (χ3n) is 5.93. The van der Waals surface area contributed by atoms with Crippen molar-refractivity contribution in [2.45, 2.75) is 24.8 Å². The van der Waals surface area contributed by atoms with E-state index in [1.165, 1.54) is 30.9 Å². The van der Waals surface area contributed by atoms with E-state index >= 15 is 0 Å². The van der Waals surface area contributed by atoms with Gasteiger partial charge in [-0.15, -0.1) is 0 Å². The maximum absolute atomic E-state index is 13.2. The minimum absolute atomic E-state index is 0.216. The van der Waals surface area contributed by atoms with E-state index in [1.54, 1.807) is 87.7 Å². The van der Waals surface area contributed by atoms with Gasteiger partial charge in [0.25, 0.3) is 17.7 Å². The van der Waals surface area contributed by atoms with Gasteiger partial charge in [0.05, 0.1) is 26.9 Å². The number of amides is 3. The molecule has 0 unspecified atom stereocenters. The number of benzene rings is 3. The lowest BCUT2D eigenvalue weighted by molar-refractivity contribution is -0.139. The van der Waals surface area contributed by atoms with Crippen molar-refractivity contribution < 1.29 is 28.6 Å². The van der Waals surface area contributed by atoms with Gasteiger partial charge in [-0.2, -0.15) is 0 Å². The molecule has 0 fully saturated rings. The molecular weight excluding hydrogens is 518 g/mol. The molecule has 1 heterocycles. The smallest absolute Gasteiger partial charge is 0.278 e. The molecule has 10 heteroatoms. The Kier molecular flexibility index (Phi) is 8.46. The largest absolute Gasteiger partial charge is 0.497 e. The van der Waals surface area contributed by atoms with Gasteiger partial charge in [-0.25, -0.2) is 0 Å². The number of nitrogens with one attached hydrogen (secondary N) is 2. The van der Waals surface area contributed by atoms with Crippen LogP contribution in [0.1, 0.15) is 24.2 Å². The van der Waals surface area contributed by atoms with E-state index in [4.69, 9.17) is 14.2 Å². The van der Waals surface area contributed by atoms with Crippen LogP contribution < -0.4 is 24.8 Å². The summed E-state index contributed by atoms with van der Waals surface area (Å²) in [6, 6.07) is 18.8. The van der Waals surface area contributed by atoms with Crippen LogP contribution in [0.2, 0.25) is 0 Å². The molecule has 0 spiro atoms. The van der Waals surface area contributed by atoms with Gasteiger partial charge in [0.15, 0.2) is 0 Å². The average molecular weight is 548 g/mol. The summed E-state index contributed by atoms with van der Waals surface area (Å²) in [5.74, 6) is 0.565. The van der Waals surface area contributed by atoms with Gasteiger partial charge < -0.3 is 24.8 Å². The molecule has 0 aromatic heterocycles. The maximum Gasteiger partial charge on any atom is 0.278 e. The second-order valence-corrected chi connectivity index (χ2v) is 9.86. The Hall–Kier alpha value is -4.44. The summed E-state index contributed by atoms with van der Waals surface area (Å²) >= 11 is 1.19. The number of carbonyl (C=O) groups is 3. The second kappa shape index (κ2) is 12.0. The highest BCUT2D eigenvalue weighted by Gasteiger charge is 2.40. The molecular formula is C29H29N3O6S. The van der Waals surface area contributed by atoms with Crippen molar-refractivity contribution in [3.8, 4) is 17.2 Å². The van der Waals surface area contributed by atoms with Crippen LogP contribution in [0.25, 0.3) is 0 Å². The molecule has 2 N–H and O–H groups in total. The van der Waals surface area contributed by atoms with Crippen molar-refractivity contribution in [1.82, 2.24) is 4.90 Å². The van der Waals surface area contributed by atoms with E-state index in [1.807, 2.05) is 0 Å². The highest BCUT2D eigenvalue weighted by molar-refractivity contribution is 8.04. The number of anilines is 2. The lowest BCUT2D eigenvalue weighted by Crippen LogP contribution is -2.38. The van der Waals surface area contributed by atoms with Crippen molar-refractivity contribution in [1.29, 1.82) is 0 Å². The van der Waals surface area contributed by atoms with Gasteiger partial charge >= 0.3 is 0 Å². The standard InChI is InChI=1S/C29H29N3O6S/c1-17(2)32-28(34)25(30-18-6-10-20(36-3)11-7-18)26(29(32)35)39-22-13-8-19(9-14-22)31-27(33)23-15-12-21(37-4)16-24(23)38-5/h6-17,30H,1-5H3,(H,31,33). The van der Waals surface area contributed by atoms with Gasteiger partial charge in [0.2, 0.25) is 0 Å². The number of carbonyl (C=O) groups excluding carboxylic acids is 3. The molecule has 3 amide bonds. The minimum atomic E-state index is -0.384. The quantitative estimate of drug-likeness (QED) is 0.336. The predicted octanol–water partition coefficient (Wildman–Crippen LogP) is 5.16. The predicted molar refractivity (Wildman–Crippen MR) is 150 cm³/mol. The first kappa shape index (κ1) is 27.6. The van der Waals surface area contributed by atoms with Gasteiger partial charge in [0.1, 0.15) is 27.9 Å². The Morgan fingerprint density at radius 2 is 1.41 bits per heavy atom. The Morgan fingerprint density at radius 1 is 0.795 bits per heavy atom. The molecule has 0 atom stereocenters. The number of thioether (sulfide) groups is 1. The van der Waals surface area contributed by atoms with Gasteiger partial charge in [-0.05, 0) is 74.5 Å². The maximum atomic E-state index is 13.2. The van der Waals surface area contributed by atoms with E-state index in [0.29, 0.717) is 39.1 Å². The molecule has 3 aromatic carbocycles. The highest BCUT2D eigenvalue weighted by Crippen LogP contribution is 2.37. The second-order valence-electron chi connectivity index (χ2n) is 8.78. The first-order chi connectivity index (χ1) is 18.7. The number of hydrogen-bond acceptors (Lipinski definition) is 8. The van der Waals surface area contributed by atoms with E-state index < -0.39 is 0 Å². The van der Waals surface area contributed by atoms with Crippen LogP contribution in [0.5, 0.6) is 17.2 Å². The summed E-state index contributed by atoms with van der Waals surface area (Å²) in [7, 11) is 4.60. The first-order valence-corrected chi connectivity index (χ1v) is 12.9. The summed E-state index contributed by atoms with van der Waals surface area (Å²) in [6.45, 7) is 3.59. The molecule has 9 nitrogen and oxygen atoms in total. The van der Waals surface area contributed by atoms with Crippen LogP contribution in [0.15, 0.2) is 82.2 Å². The van der Waals surface area contributed by atoms with E-state index in [9.17, 15) is 14.4 Å². The molecule has 0 aliphatic carbocycles. The molecule has 1 aliphatic heterocycles. The van der Waals surface area contributed by atoms with Gasteiger partial charge in [0, 0.05) is 28.4 Å². The van der Waals surface area contributed by atoms with Crippen molar-refractivity contribution in [3.05, 3.63) is 82.9 Å². The van der Waals surface area contributed by atoms with Crippen LogP contribution in [-0.4, -0.2) is 50.0 Å². The Balaban J connectivity index is 1.54. The zero-order valence-corrected chi connectivity index (χ0v) is 23.0. The number of methoxy groups -OCH3 is 3. The lowest BCUT2D eigenvalue weighted by Gasteiger charge is -2.19. The third-order valence-corrected chi connectivity index (χ3v) is 7.02. The van der Waals surface area contributed by atoms with Gasteiger partial charge in [-0.3, -0.25) is 19.3 Å². The first-order valence-electron chi connectivity index (χ1n) is 12.1.